The first-order valence-corrected chi connectivity index (χ1v) is 6.96. The van der Waals surface area contributed by atoms with Gasteiger partial charge in [0.05, 0.1) is 18.2 Å². The van der Waals surface area contributed by atoms with Crippen molar-refractivity contribution in [3.05, 3.63) is 30.9 Å². The van der Waals surface area contributed by atoms with E-state index < -0.39 is 0 Å². The number of rotatable bonds is 6. The Hall–Kier alpha value is -1.84. The van der Waals surface area contributed by atoms with Gasteiger partial charge < -0.3 is 10.3 Å². The van der Waals surface area contributed by atoms with Crippen molar-refractivity contribution in [1.82, 2.24) is 14.5 Å². The predicted octanol–water partition coefficient (Wildman–Crippen LogP) is 3.67. The van der Waals surface area contributed by atoms with Gasteiger partial charge in [-0.2, -0.15) is 0 Å². The number of nitrogens with zero attached hydrogens (tertiary/aromatic N) is 3. The maximum atomic E-state index is 5.95. The third kappa shape index (κ3) is 3.13. The number of hydrogen-bond acceptors (Lipinski definition) is 3. The molecule has 2 aromatic rings. The van der Waals surface area contributed by atoms with Crippen molar-refractivity contribution < 1.29 is 0 Å². The molecular weight excluding hydrogens is 236 g/mol. The molecule has 4 heteroatoms. The zero-order valence-electron chi connectivity index (χ0n) is 11.7. The van der Waals surface area contributed by atoms with Crippen LogP contribution in [0.25, 0.3) is 11.3 Å². The van der Waals surface area contributed by atoms with Crippen molar-refractivity contribution in [2.75, 3.05) is 5.73 Å². The van der Waals surface area contributed by atoms with Gasteiger partial charge in [0.15, 0.2) is 0 Å². The fourth-order valence-electron chi connectivity index (χ4n) is 2.33. The summed E-state index contributed by atoms with van der Waals surface area (Å²) in [6.07, 6.45) is 10.4. The number of imidazole rings is 1. The fraction of sp³-hybridized carbons (Fsp3) is 0.467. The van der Waals surface area contributed by atoms with E-state index in [1.807, 2.05) is 24.7 Å². The van der Waals surface area contributed by atoms with E-state index in [2.05, 4.69) is 28.4 Å². The summed E-state index contributed by atoms with van der Waals surface area (Å²) in [6.45, 7) is 4.46. The zero-order valence-corrected chi connectivity index (χ0v) is 11.7. The van der Waals surface area contributed by atoms with Gasteiger partial charge in [-0.25, -0.2) is 9.97 Å². The van der Waals surface area contributed by atoms with Crippen molar-refractivity contribution in [3.8, 4) is 11.3 Å². The second-order valence-corrected chi connectivity index (χ2v) is 4.97. The number of aromatic nitrogens is 3. The van der Waals surface area contributed by atoms with E-state index in [4.69, 9.17) is 5.73 Å². The summed E-state index contributed by atoms with van der Waals surface area (Å²) < 4.78 is 2.20. The molecule has 2 aromatic heterocycles. The highest BCUT2D eigenvalue weighted by molar-refractivity contribution is 5.70. The Labute approximate surface area is 114 Å². The number of nitrogens with two attached hydrogens (primary N) is 1. The van der Waals surface area contributed by atoms with Crippen LogP contribution >= 0.6 is 0 Å². The molecule has 2 heterocycles. The number of nitrogen functional groups attached to an aromatic ring is 1. The summed E-state index contributed by atoms with van der Waals surface area (Å²) in [7, 11) is 0. The second kappa shape index (κ2) is 6.36. The minimum absolute atomic E-state index is 0.434. The normalized spacial score (nSPS) is 12.5. The highest BCUT2D eigenvalue weighted by Gasteiger charge is 2.13. The van der Waals surface area contributed by atoms with E-state index in [-0.39, 0.29) is 0 Å². The molecule has 102 valence electrons. The second-order valence-electron chi connectivity index (χ2n) is 4.97. The van der Waals surface area contributed by atoms with Crippen LogP contribution in [-0.2, 0) is 0 Å². The highest BCUT2D eigenvalue weighted by atomic mass is 15.1. The summed E-state index contributed by atoms with van der Waals surface area (Å²) in [4.78, 5) is 8.42. The van der Waals surface area contributed by atoms with Crippen LogP contribution in [0.15, 0.2) is 30.9 Å². The first kappa shape index (κ1) is 13.6. The molecule has 0 radical (unpaired) electrons. The molecule has 0 spiro atoms. The maximum absolute atomic E-state index is 5.95. The van der Waals surface area contributed by atoms with E-state index in [0.29, 0.717) is 11.9 Å². The third-order valence-corrected chi connectivity index (χ3v) is 3.48. The summed E-state index contributed by atoms with van der Waals surface area (Å²) in [5.74, 6) is 0.560. The van der Waals surface area contributed by atoms with Crippen LogP contribution in [0.5, 0.6) is 0 Å². The van der Waals surface area contributed by atoms with Crippen LogP contribution in [0.4, 0.5) is 5.82 Å². The molecule has 2 N–H and O–H groups in total. The molecular formula is C15H22N4. The SMILES string of the molecule is CCCCCC(C)n1cncc1-c1cccnc1N. The first-order valence-electron chi connectivity index (χ1n) is 6.96. The van der Waals surface area contributed by atoms with Gasteiger partial charge in [0, 0.05) is 17.8 Å². The Bertz CT molecular complexity index is 518. The van der Waals surface area contributed by atoms with Gasteiger partial charge in [0.2, 0.25) is 0 Å². The monoisotopic (exact) mass is 258 g/mol. The standard InChI is InChI=1S/C15H22N4/c1-3-4-5-7-12(2)19-11-17-10-14(19)13-8-6-9-18-15(13)16/h6,8-12H,3-5,7H2,1-2H3,(H2,16,18). The number of pyridine rings is 1. The van der Waals surface area contributed by atoms with E-state index in [1.54, 1.807) is 6.20 Å². The van der Waals surface area contributed by atoms with Crippen LogP contribution in [0.1, 0.15) is 45.6 Å². The third-order valence-electron chi connectivity index (χ3n) is 3.48. The Morgan fingerprint density at radius 3 is 2.95 bits per heavy atom. The van der Waals surface area contributed by atoms with Crippen molar-refractivity contribution >= 4 is 5.82 Å². The lowest BCUT2D eigenvalue weighted by Gasteiger charge is -2.17. The van der Waals surface area contributed by atoms with Crippen molar-refractivity contribution in [2.24, 2.45) is 0 Å². The maximum Gasteiger partial charge on any atom is 0.132 e. The molecule has 0 amide bonds. The average molecular weight is 258 g/mol. The Kier molecular flexibility index (Phi) is 4.55. The Morgan fingerprint density at radius 1 is 1.37 bits per heavy atom. The van der Waals surface area contributed by atoms with Crippen molar-refractivity contribution in [3.63, 3.8) is 0 Å². The van der Waals surface area contributed by atoms with Crippen LogP contribution in [0, 0.1) is 0 Å². The van der Waals surface area contributed by atoms with Gasteiger partial charge in [0.25, 0.3) is 0 Å². The molecule has 0 fully saturated rings. The summed E-state index contributed by atoms with van der Waals surface area (Å²) in [5, 5.41) is 0. The van der Waals surface area contributed by atoms with E-state index >= 15 is 0 Å². The molecule has 4 nitrogen and oxygen atoms in total. The predicted molar refractivity (Wildman–Crippen MR) is 78.7 cm³/mol. The summed E-state index contributed by atoms with van der Waals surface area (Å²) in [5.41, 5.74) is 7.96. The molecule has 0 saturated carbocycles. The lowest BCUT2D eigenvalue weighted by molar-refractivity contribution is 0.480. The lowest BCUT2D eigenvalue weighted by atomic mass is 10.1. The molecule has 0 aliphatic carbocycles. The largest absolute Gasteiger partial charge is 0.383 e. The lowest BCUT2D eigenvalue weighted by Crippen LogP contribution is -2.06. The van der Waals surface area contributed by atoms with Gasteiger partial charge in [-0.3, -0.25) is 0 Å². The van der Waals surface area contributed by atoms with E-state index in [1.165, 1.54) is 19.3 Å². The topological polar surface area (TPSA) is 56.7 Å². The molecule has 2 rings (SSSR count). The fourth-order valence-corrected chi connectivity index (χ4v) is 2.33. The van der Waals surface area contributed by atoms with Gasteiger partial charge in [-0.1, -0.05) is 26.2 Å². The van der Waals surface area contributed by atoms with E-state index in [0.717, 1.165) is 17.7 Å². The summed E-state index contributed by atoms with van der Waals surface area (Å²) >= 11 is 0. The molecule has 1 unspecified atom stereocenters. The smallest absolute Gasteiger partial charge is 0.132 e. The molecule has 0 aliphatic heterocycles. The van der Waals surface area contributed by atoms with Gasteiger partial charge in [-0.15, -0.1) is 0 Å². The van der Waals surface area contributed by atoms with Crippen LogP contribution < -0.4 is 5.73 Å². The Balaban J connectivity index is 2.20. The van der Waals surface area contributed by atoms with Crippen molar-refractivity contribution in [1.29, 1.82) is 0 Å². The van der Waals surface area contributed by atoms with Gasteiger partial charge >= 0.3 is 0 Å². The van der Waals surface area contributed by atoms with Crippen LogP contribution in [-0.4, -0.2) is 14.5 Å². The quantitative estimate of drug-likeness (QED) is 0.804. The zero-order chi connectivity index (χ0) is 13.7. The molecule has 19 heavy (non-hydrogen) atoms. The van der Waals surface area contributed by atoms with Crippen LogP contribution in [0.3, 0.4) is 0 Å². The number of hydrogen-bond donors (Lipinski definition) is 1. The molecule has 0 aliphatic rings. The molecule has 0 aromatic carbocycles. The number of anilines is 1. The number of unbranched alkanes of at least 4 members (excludes halogenated alkanes) is 2. The Morgan fingerprint density at radius 2 is 2.21 bits per heavy atom. The molecule has 0 bridgehead atoms. The minimum Gasteiger partial charge on any atom is -0.383 e. The van der Waals surface area contributed by atoms with Crippen LogP contribution in [0.2, 0.25) is 0 Å². The van der Waals surface area contributed by atoms with E-state index in [9.17, 15) is 0 Å². The van der Waals surface area contributed by atoms with Gasteiger partial charge in [-0.05, 0) is 25.5 Å². The molecule has 0 saturated heterocycles. The van der Waals surface area contributed by atoms with Gasteiger partial charge in [0.1, 0.15) is 5.82 Å². The highest BCUT2D eigenvalue weighted by Crippen LogP contribution is 2.27. The average Bonchev–Trinajstić information content (AvgIpc) is 2.88. The molecule has 1 atom stereocenters. The van der Waals surface area contributed by atoms with Crippen molar-refractivity contribution in [2.45, 2.75) is 45.6 Å². The summed E-state index contributed by atoms with van der Waals surface area (Å²) in [6, 6.07) is 4.34. The minimum atomic E-state index is 0.434. The first-order chi connectivity index (χ1) is 9.24.